The van der Waals surface area contributed by atoms with E-state index in [0.29, 0.717) is 19.5 Å². The summed E-state index contributed by atoms with van der Waals surface area (Å²) in [5, 5.41) is 3.07. The number of likely N-dealkylation sites (tertiary alicyclic amines) is 1. The minimum atomic E-state index is -0.561. The molecule has 2 aromatic rings. The highest BCUT2D eigenvalue weighted by atomic mass is 16.2. The van der Waals surface area contributed by atoms with Crippen molar-refractivity contribution >= 4 is 11.8 Å². The molecule has 32 heavy (non-hydrogen) atoms. The molecule has 1 saturated carbocycles. The summed E-state index contributed by atoms with van der Waals surface area (Å²) in [7, 11) is 0. The van der Waals surface area contributed by atoms with E-state index < -0.39 is 5.41 Å². The average Bonchev–Trinajstić information content (AvgIpc) is 2.85. The Morgan fingerprint density at radius 1 is 1.06 bits per heavy atom. The summed E-state index contributed by atoms with van der Waals surface area (Å²) in [5.41, 5.74) is 2.77. The van der Waals surface area contributed by atoms with Crippen LogP contribution in [0.2, 0.25) is 0 Å². The van der Waals surface area contributed by atoms with Gasteiger partial charge in [0.1, 0.15) is 0 Å². The SMILES string of the molecule is CCNC(=O)[C@@]1(Cc2ccc(-c3cccnc3)cc2)CCCN(C(=O)C2CCCCC2)C1. The molecule has 5 nitrogen and oxygen atoms in total. The fourth-order valence-electron chi connectivity index (χ4n) is 5.42. The zero-order valence-electron chi connectivity index (χ0n) is 19.2. The lowest BCUT2D eigenvalue weighted by atomic mass is 9.73. The van der Waals surface area contributed by atoms with E-state index in [4.69, 9.17) is 0 Å². The summed E-state index contributed by atoms with van der Waals surface area (Å²) in [6.07, 6.45) is 11.5. The van der Waals surface area contributed by atoms with Gasteiger partial charge in [-0.3, -0.25) is 14.6 Å². The molecule has 5 heteroatoms. The maximum atomic E-state index is 13.3. The van der Waals surface area contributed by atoms with Gasteiger partial charge in [0.15, 0.2) is 0 Å². The Kier molecular flexibility index (Phi) is 7.23. The van der Waals surface area contributed by atoms with Crippen molar-refractivity contribution < 1.29 is 9.59 Å². The van der Waals surface area contributed by atoms with Crippen molar-refractivity contribution in [1.29, 1.82) is 0 Å². The number of hydrogen-bond donors (Lipinski definition) is 1. The van der Waals surface area contributed by atoms with Crippen molar-refractivity contribution in [2.45, 2.75) is 58.3 Å². The molecule has 1 aromatic carbocycles. The number of carbonyl (C=O) groups is 2. The Hall–Kier alpha value is -2.69. The van der Waals surface area contributed by atoms with Crippen molar-refractivity contribution in [3.05, 3.63) is 54.4 Å². The Bertz CT molecular complexity index is 906. The second-order valence-corrected chi connectivity index (χ2v) is 9.45. The third-order valence-corrected chi connectivity index (χ3v) is 7.15. The summed E-state index contributed by atoms with van der Waals surface area (Å²) < 4.78 is 0. The predicted octanol–water partition coefficient (Wildman–Crippen LogP) is 4.62. The van der Waals surface area contributed by atoms with E-state index in [0.717, 1.165) is 61.8 Å². The second-order valence-electron chi connectivity index (χ2n) is 9.45. The number of aromatic nitrogens is 1. The fourth-order valence-corrected chi connectivity index (χ4v) is 5.42. The molecule has 1 saturated heterocycles. The van der Waals surface area contributed by atoms with Crippen LogP contribution >= 0.6 is 0 Å². The maximum Gasteiger partial charge on any atom is 0.228 e. The maximum absolute atomic E-state index is 13.3. The largest absolute Gasteiger partial charge is 0.356 e. The number of hydrogen-bond acceptors (Lipinski definition) is 3. The molecule has 2 heterocycles. The van der Waals surface area contributed by atoms with Gasteiger partial charge in [-0.05, 0) is 61.8 Å². The van der Waals surface area contributed by atoms with Crippen LogP contribution in [0.25, 0.3) is 11.1 Å². The molecule has 4 rings (SSSR count). The van der Waals surface area contributed by atoms with Gasteiger partial charge in [0.2, 0.25) is 11.8 Å². The minimum Gasteiger partial charge on any atom is -0.356 e. The van der Waals surface area contributed by atoms with E-state index in [-0.39, 0.29) is 17.7 Å². The molecular formula is C27H35N3O2. The van der Waals surface area contributed by atoms with Crippen LogP contribution in [0.3, 0.4) is 0 Å². The van der Waals surface area contributed by atoms with E-state index >= 15 is 0 Å². The van der Waals surface area contributed by atoms with Crippen LogP contribution in [-0.4, -0.2) is 41.3 Å². The lowest BCUT2D eigenvalue weighted by Gasteiger charge is -2.43. The highest BCUT2D eigenvalue weighted by molar-refractivity contribution is 5.85. The molecule has 2 amide bonds. The highest BCUT2D eigenvalue weighted by Crippen LogP contribution is 2.36. The summed E-state index contributed by atoms with van der Waals surface area (Å²) in [6.45, 7) is 3.87. The van der Waals surface area contributed by atoms with Crippen molar-refractivity contribution in [2.75, 3.05) is 19.6 Å². The van der Waals surface area contributed by atoms with Gasteiger partial charge in [-0.15, -0.1) is 0 Å². The van der Waals surface area contributed by atoms with Crippen LogP contribution < -0.4 is 5.32 Å². The molecule has 0 spiro atoms. The standard InChI is InChI=1S/C27H35N3O2/c1-2-29-26(32)27(15-7-17-30(20-27)25(31)23-8-4-3-5-9-23)18-21-11-13-22(14-12-21)24-10-6-16-28-19-24/h6,10-14,16,19,23H,2-5,7-9,15,17-18,20H2,1H3,(H,29,32)/t27-/m1/s1. The Morgan fingerprint density at radius 3 is 2.53 bits per heavy atom. The Balaban J connectivity index is 1.53. The molecule has 2 fully saturated rings. The van der Waals surface area contributed by atoms with Crippen LogP contribution in [0, 0.1) is 11.3 Å². The summed E-state index contributed by atoms with van der Waals surface area (Å²) in [4.78, 5) is 32.8. The third kappa shape index (κ3) is 5.03. The summed E-state index contributed by atoms with van der Waals surface area (Å²) >= 11 is 0. The van der Waals surface area contributed by atoms with Gasteiger partial charge in [0, 0.05) is 37.9 Å². The molecule has 1 aliphatic carbocycles. The van der Waals surface area contributed by atoms with Gasteiger partial charge in [0.05, 0.1) is 5.41 Å². The molecule has 1 aromatic heterocycles. The van der Waals surface area contributed by atoms with Crippen LogP contribution in [0.1, 0.15) is 57.4 Å². The monoisotopic (exact) mass is 433 g/mol. The first-order valence-corrected chi connectivity index (χ1v) is 12.2. The molecule has 1 aliphatic heterocycles. The number of pyridine rings is 1. The Morgan fingerprint density at radius 2 is 1.84 bits per heavy atom. The molecule has 170 valence electrons. The summed E-state index contributed by atoms with van der Waals surface area (Å²) in [6, 6.07) is 12.4. The summed E-state index contributed by atoms with van der Waals surface area (Å²) in [5.74, 6) is 0.495. The van der Waals surface area contributed by atoms with Crippen molar-refractivity contribution in [3.63, 3.8) is 0 Å². The number of piperidine rings is 1. The minimum absolute atomic E-state index is 0.0810. The van der Waals surface area contributed by atoms with Gasteiger partial charge >= 0.3 is 0 Å². The van der Waals surface area contributed by atoms with E-state index in [2.05, 4.69) is 34.6 Å². The fraction of sp³-hybridized carbons (Fsp3) is 0.519. The van der Waals surface area contributed by atoms with Crippen LogP contribution in [-0.2, 0) is 16.0 Å². The average molecular weight is 434 g/mol. The van der Waals surface area contributed by atoms with Gasteiger partial charge < -0.3 is 10.2 Å². The van der Waals surface area contributed by atoms with Crippen molar-refractivity contribution in [2.24, 2.45) is 11.3 Å². The number of rotatable bonds is 6. The van der Waals surface area contributed by atoms with Crippen molar-refractivity contribution in [3.8, 4) is 11.1 Å². The van der Waals surface area contributed by atoms with Gasteiger partial charge in [-0.1, -0.05) is 49.6 Å². The first-order valence-electron chi connectivity index (χ1n) is 12.2. The number of benzene rings is 1. The number of nitrogens with one attached hydrogen (secondary N) is 1. The molecule has 0 unspecified atom stereocenters. The first kappa shape index (κ1) is 22.5. The number of carbonyl (C=O) groups excluding carboxylic acids is 2. The van der Waals surface area contributed by atoms with E-state index in [1.807, 2.05) is 30.2 Å². The lowest BCUT2D eigenvalue weighted by molar-refractivity contribution is -0.145. The smallest absolute Gasteiger partial charge is 0.228 e. The van der Waals surface area contributed by atoms with Gasteiger partial charge in [-0.25, -0.2) is 0 Å². The highest BCUT2D eigenvalue weighted by Gasteiger charge is 2.44. The van der Waals surface area contributed by atoms with Crippen LogP contribution in [0.5, 0.6) is 0 Å². The van der Waals surface area contributed by atoms with Crippen LogP contribution in [0.4, 0.5) is 0 Å². The van der Waals surface area contributed by atoms with E-state index in [1.165, 1.54) is 6.42 Å². The normalized spacial score (nSPS) is 21.8. The first-order chi connectivity index (χ1) is 15.6. The molecule has 2 aliphatic rings. The number of nitrogens with zero attached hydrogens (tertiary/aromatic N) is 2. The number of amides is 2. The van der Waals surface area contributed by atoms with Gasteiger partial charge in [0.25, 0.3) is 0 Å². The van der Waals surface area contributed by atoms with Crippen LogP contribution in [0.15, 0.2) is 48.8 Å². The van der Waals surface area contributed by atoms with Gasteiger partial charge in [-0.2, -0.15) is 0 Å². The van der Waals surface area contributed by atoms with E-state index in [9.17, 15) is 9.59 Å². The molecule has 0 radical (unpaired) electrons. The second kappa shape index (κ2) is 10.3. The van der Waals surface area contributed by atoms with E-state index in [1.54, 1.807) is 6.20 Å². The molecule has 0 bridgehead atoms. The third-order valence-electron chi connectivity index (χ3n) is 7.15. The molecule has 1 N–H and O–H groups in total. The lowest BCUT2D eigenvalue weighted by Crippen LogP contribution is -2.55. The zero-order chi connectivity index (χ0) is 22.4. The molecule has 1 atom stereocenters. The topological polar surface area (TPSA) is 62.3 Å². The Labute approximate surface area is 191 Å². The molecular weight excluding hydrogens is 398 g/mol. The van der Waals surface area contributed by atoms with Crippen molar-refractivity contribution in [1.82, 2.24) is 15.2 Å². The predicted molar refractivity (Wildman–Crippen MR) is 127 cm³/mol. The zero-order valence-corrected chi connectivity index (χ0v) is 19.2. The quantitative estimate of drug-likeness (QED) is 0.723.